The highest BCUT2D eigenvalue weighted by atomic mass is 35.5. The molecule has 0 aliphatic rings. The number of nitriles is 1. The second-order valence-corrected chi connectivity index (χ2v) is 4.88. The lowest BCUT2D eigenvalue weighted by Gasteiger charge is -2.10. The third kappa shape index (κ3) is 3.37. The van der Waals surface area contributed by atoms with Crippen molar-refractivity contribution in [2.24, 2.45) is 0 Å². The summed E-state index contributed by atoms with van der Waals surface area (Å²) < 4.78 is 0. The topological polar surface area (TPSA) is 61.1 Å². The summed E-state index contributed by atoms with van der Waals surface area (Å²) in [6.07, 6.45) is 0.570. The van der Waals surface area contributed by atoms with Crippen molar-refractivity contribution in [3.05, 3.63) is 70.2 Å². The molecule has 1 unspecified atom stereocenters. The molecular weight excluding hydrogens is 274 g/mol. The summed E-state index contributed by atoms with van der Waals surface area (Å²) in [6.45, 7) is 0. The quantitative estimate of drug-likeness (QED) is 0.927. The van der Waals surface area contributed by atoms with Gasteiger partial charge < -0.3 is 5.11 Å². The summed E-state index contributed by atoms with van der Waals surface area (Å²) in [5.74, 6) is -1.28. The van der Waals surface area contributed by atoms with Crippen LogP contribution >= 0.6 is 11.6 Å². The number of carbonyl (C=O) groups is 1. The number of rotatable bonds is 4. The van der Waals surface area contributed by atoms with Gasteiger partial charge in [-0.2, -0.15) is 5.26 Å². The Balaban J connectivity index is 2.18. The Hall–Kier alpha value is -2.31. The Kier molecular flexibility index (Phi) is 4.39. The Morgan fingerprint density at radius 2 is 1.75 bits per heavy atom. The molecule has 2 aromatic rings. The molecule has 0 aliphatic heterocycles. The van der Waals surface area contributed by atoms with Gasteiger partial charge >= 0.3 is 5.97 Å². The van der Waals surface area contributed by atoms with E-state index in [-0.39, 0.29) is 11.5 Å². The molecule has 0 aliphatic carbocycles. The predicted octanol–water partition coefficient (Wildman–Crippen LogP) is 3.89. The maximum atomic E-state index is 10.8. The van der Waals surface area contributed by atoms with Crippen molar-refractivity contribution >= 4 is 17.6 Å². The van der Waals surface area contributed by atoms with Gasteiger partial charge in [-0.3, -0.25) is 0 Å². The molecular formula is C16H12ClNO2. The average molecular weight is 286 g/mol. The van der Waals surface area contributed by atoms with Crippen LogP contribution in [0.2, 0.25) is 5.02 Å². The van der Waals surface area contributed by atoms with Crippen LogP contribution in [0.15, 0.2) is 48.5 Å². The molecule has 20 heavy (non-hydrogen) atoms. The average Bonchev–Trinajstić information content (AvgIpc) is 2.47. The summed E-state index contributed by atoms with van der Waals surface area (Å²) >= 11 is 5.83. The van der Waals surface area contributed by atoms with E-state index in [4.69, 9.17) is 16.7 Å². The second kappa shape index (κ2) is 6.23. The standard InChI is InChI=1S/C16H12ClNO2/c17-15-7-1-11(2-8-15)9-14(10-18)12-3-5-13(6-4-12)16(19)20/h1-8,14H,9H2,(H,19,20). The molecule has 0 saturated carbocycles. The van der Waals surface area contributed by atoms with Gasteiger partial charge in [-0.1, -0.05) is 35.9 Å². The number of halogens is 1. The van der Waals surface area contributed by atoms with E-state index < -0.39 is 5.97 Å². The SMILES string of the molecule is N#CC(Cc1ccc(Cl)cc1)c1ccc(C(=O)O)cc1. The van der Waals surface area contributed by atoms with Crippen LogP contribution in [0.3, 0.4) is 0 Å². The Morgan fingerprint density at radius 1 is 1.15 bits per heavy atom. The van der Waals surface area contributed by atoms with Crippen LogP contribution in [0, 0.1) is 11.3 Å². The number of aromatic carboxylic acids is 1. The minimum Gasteiger partial charge on any atom is -0.478 e. The van der Waals surface area contributed by atoms with Crippen LogP contribution in [0.1, 0.15) is 27.4 Å². The molecule has 3 nitrogen and oxygen atoms in total. The number of carboxylic acid groups (broad SMARTS) is 1. The normalized spacial score (nSPS) is 11.6. The monoisotopic (exact) mass is 285 g/mol. The first-order chi connectivity index (χ1) is 9.60. The highest BCUT2D eigenvalue weighted by Gasteiger charge is 2.12. The molecule has 0 bridgehead atoms. The lowest BCUT2D eigenvalue weighted by atomic mass is 9.93. The fourth-order valence-electron chi connectivity index (χ4n) is 1.95. The zero-order chi connectivity index (χ0) is 14.5. The second-order valence-electron chi connectivity index (χ2n) is 4.44. The molecule has 0 aromatic heterocycles. The molecule has 1 N–H and O–H groups in total. The van der Waals surface area contributed by atoms with Crippen molar-refractivity contribution in [2.45, 2.75) is 12.3 Å². The van der Waals surface area contributed by atoms with Crippen LogP contribution < -0.4 is 0 Å². The van der Waals surface area contributed by atoms with Gasteiger partial charge in [-0.25, -0.2) is 4.79 Å². The van der Waals surface area contributed by atoms with Gasteiger partial charge in [0.2, 0.25) is 0 Å². The number of carboxylic acids is 1. The fraction of sp³-hybridized carbons (Fsp3) is 0.125. The first kappa shape index (κ1) is 14.1. The van der Waals surface area contributed by atoms with Gasteiger partial charge in [0.1, 0.15) is 0 Å². The van der Waals surface area contributed by atoms with Crippen LogP contribution in [0.25, 0.3) is 0 Å². The van der Waals surface area contributed by atoms with E-state index in [0.29, 0.717) is 11.4 Å². The highest BCUT2D eigenvalue weighted by molar-refractivity contribution is 6.30. The number of benzene rings is 2. The van der Waals surface area contributed by atoms with Crippen LogP contribution in [0.5, 0.6) is 0 Å². The molecule has 2 rings (SSSR count). The lowest BCUT2D eigenvalue weighted by Crippen LogP contribution is -2.02. The van der Waals surface area contributed by atoms with E-state index in [1.807, 2.05) is 12.1 Å². The smallest absolute Gasteiger partial charge is 0.335 e. The van der Waals surface area contributed by atoms with E-state index in [1.54, 1.807) is 24.3 Å². The molecule has 2 aromatic carbocycles. The molecule has 100 valence electrons. The van der Waals surface area contributed by atoms with E-state index >= 15 is 0 Å². The molecule has 0 heterocycles. The molecule has 0 fully saturated rings. The molecule has 4 heteroatoms. The van der Waals surface area contributed by atoms with Gasteiger partial charge in [0.25, 0.3) is 0 Å². The van der Waals surface area contributed by atoms with E-state index in [2.05, 4.69) is 6.07 Å². The van der Waals surface area contributed by atoms with Crippen LogP contribution in [-0.2, 0) is 6.42 Å². The van der Waals surface area contributed by atoms with Crippen molar-refractivity contribution in [3.8, 4) is 6.07 Å². The minimum atomic E-state index is -0.970. The molecule has 0 amide bonds. The maximum Gasteiger partial charge on any atom is 0.335 e. The van der Waals surface area contributed by atoms with E-state index in [1.165, 1.54) is 12.1 Å². The third-order valence-electron chi connectivity index (χ3n) is 3.07. The lowest BCUT2D eigenvalue weighted by molar-refractivity contribution is 0.0697. The Morgan fingerprint density at radius 3 is 2.25 bits per heavy atom. The molecule has 0 radical (unpaired) electrons. The first-order valence-electron chi connectivity index (χ1n) is 6.07. The summed E-state index contributed by atoms with van der Waals surface area (Å²) in [5.41, 5.74) is 2.05. The number of nitrogens with zero attached hydrogens (tertiary/aromatic N) is 1. The molecule has 1 atom stereocenters. The summed E-state index contributed by atoms with van der Waals surface area (Å²) in [6, 6.07) is 16.0. The van der Waals surface area contributed by atoms with E-state index in [9.17, 15) is 10.1 Å². The third-order valence-corrected chi connectivity index (χ3v) is 3.32. The van der Waals surface area contributed by atoms with Gasteiger partial charge in [0, 0.05) is 5.02 Å². The van der Waals surface area contributed by atoms with Crippen molar-refractivity contribution in [1.29, 1.82) is 5.26 Å². The van der Waals surface area contributed by atoms with Gasteiger partial charge in [0.05, 0.1) is 17.6 Å². The summed E-state index contributed by atoms with van der Waals surface area (Å²) in [4.78, 5) is 10.8. The van der Waals surface area contributed by atoms with Crippen LogP contribution in [0.4, 0.5) is 0 Å². The molecule has 0 saturated heterocycles. The summed E-state index contributed by atoms with van der Waals surface area (Å²) in [7, 11) is 0. The predicted molar refractivity (Wildman–Crippen MR) is 76.9 cm³/mol. The van der Waals surface area contributed by atoms with Gasteiger partial charge in [-0.05, 0) is 41.8 Å². The molecule has 0 spiro atoms. The largest absolute Gasteiger partial charge is 0.478 e. The van der Waals surface area contributed by atoms with Crippen LogP contribution in [-0.4, -0.2) is 11.1 Å². The maximum absolute atomic E-state index is 10.8. The first-order valence-corrected chi connectivity index (χ1v) is 6.45. The van der Waals surface area contributed by atoms with E-state index in [0.717, 1.165) is 11.1 Å². The zero-order valence-electron chi connectivity index (χ0n) is 10.6. The van der Waals surface area contributed by atoms with Gasteiger partial charge in [0.15, 0.2) is 0 Å². The van der Waals surface area contributed by atoms with Crippen molar-refractivity contribution in [1.82, 2.24) is 0 Å². The number of hydrogen-bond acceptors (Lipinski definition) is 2. The summed E-state index contributed by atoms with van der Waals surface area (Å²) in [5, 5.41) is 18.8. The zero-order valence-corrected chi connectivity index (χ0v) is 11.3. The Labute approximate surface area is 122 Å². The van der Waals surface area contributed by atoms with Crippen molar-refractivity contribution in [2.75, 3.05) is 0 Å². The highest BCUT2D eigenvalue weighted by Crippen LogP contribution is 2.22. The minimum absolute atomic E-state index is 0.219. The van der Waals surface area contributed by atoms with Crippen molar-refractivity contribution in [3.63, 3.8) is 0 Å². The Bertz CT molecular complexity index is 642. The van der Waals surface area contributed by atoms with Crippen molar-refractivity contribution < 1.29 is 9.90 Å². The van der Waals surface area contributed by atoms with Gasteiger partial charge in [-0.15, -0.1) is 0 Å². The number of hydrogen-bond donors (Lipinski definition) is 1. The fourth-order valence-corrected chi connectivity index (χ4v) is 2.08.